The maximum absolute atomic E-state index is 12.4. The summed E-state index contributed by atoms with van der Waals surface area (Å²) in [4.78, 5) is 25.4. The van der Waals surface area contributed by atoms with Crippen LogP contribution in [0.1, 0.15) is 43.6 Å². The molecule has 2 aromatic rings. The van der Waals surface area contributed by atoms with Gasteiger partial charge in [-0.05, 0) is 53.5 Å². The number of anilines is 2. The predicted molar refractivity (Wildman–Crippen MR) is 114 cm³/mol. The normalized spacial score (nSPS) is 10.9. The smallest absolute Gasteiger partial charge is 0.257 e. The summed E-state index contributed by atoms with van der Waals surface area (Å²) in [7, 11) is 1.70. The van der Waals surface area contributed by atoms with Gasteiger partial charge in [-0.2, -0.15) is 0 Å². The standard InChI is InChI=1S/C21H25N3O2S/c1-14(25)24(5)18-8-6-7-17(13-18)22-20(27)23-19(26)15-9-11-16(12-10-15)21(2,3)4/h6-13H,1-5H3,(H2,22,23,26,27). The second-order valence-corrected chi connectivity index (χ2v) is 7.77. The molecule has 0 saturated heterocycles. The highest BCUT2D eigenvalue weighted by Gasteiger charge is 2.15. The van der Waals surface area contributed by atoms with E-state index in [1.165, 1.54) is 11.8 Å². The van der Waals surface area contributed by atoms with Crippen molar-refractivity contribution < 1.29 is 9.59 Å². The molecule has 0 atom stereocenters. The van der Waals surface area contributed by atoms with Crippen LogP contribution in [0, 0.1) is 0 Å². The van der Waals surface area contributed by atoms with Crippen LogP contribution in [-0.4, -0.2) is 24.0 Å². The minimum Gasteiger partial charge on any atom is -0.332 e. The van der Waals surface area contributed by atoms with Crippen molar-refractivity contribution in [2.45, 2.75) is 33.1 Å². The number of hydrogen-bond donors (Lipinski definition) is 2. The molecule has 27 heavy (non-hydrogen) atoms. The van der Waals surface area contributed by atoms with Crippen molar-refractivity contribution >= 4 is 40.5 Å². The Balaban J connectivity index is 2.02. The molecule has 0 heterocycles. The average Bonchev–Trinajstić information content (AvgIpc) is 2.60. The molecule has 0 bridgehead atoms. The van der Waals surface area contributed by atoms with Gasteiger partial charge in [-0.3, -0.25) is 14.9 Å². The van der Waals surface area contributed by atoms with Crippen LogP contribution in [0.2, 0.25) is 0 Å². The molecular weight excluding hydrogens is 358 g/mol. The summed E-state index contributed by atoms with van der Waals surface area (Å²) in [5, 5.41) is 5.85. The van der Waals surface area contributed by atoms with Crippen molar-refractivity contribution in [2.75, 3.05) is 17.3 Å². The van der Waals surface area contributed by atoms with Crippen LogP contribution in [0.3, 0.4) is 0 Å². The van der Waals surface area contributed by atoms with Crippen LogP contribution >= 0.6 is 12.2 Å². The highest BCUT2D eigenvalue weighted by molar-refractivity contribution is 7.80. The van der Waals surface area contributed by atoms with E-state index in [0.29, 0.717) is 11.3 Å². The van der Waals surface area contributed by atoms with E-state index in [2.05, 4.69) is 31.4 Å². The van der Waals surface area contributed by atoms with Crippen molar-refractivity contribution in [2.24, 2.45) is 0 Å². The van der Waals surface area contributed by atoms with Crippen molar-refractivity contribution in [3.05, 3.63) is 59.7 Å². The molecule has 142 valence electrons. The Hall–Kier alpha value is -2.73. The molecule has 0 aliphatic rings. The number of carbonyl (C=O) groups is 2. The number of amides is 2. The molecule has 0 saturated carbocycles. The number of thiocarbonyl (C=S) groups is 1. The first kappa shape index (κ1) is 20.6. The molecule has 2 aromatic carbocycles. The molecule has 6 heteroatoms. The van der Waals surface area contributed by atoms with Gasteiger partial charge in [-0.25, -0.2) is 0 Å². The van der Waals surface area contributed by atoms with Crippen molar-refractivity contribution in [3.8, 4) is 0 Å². The third-order valence-corrected chi connectivity index (χ3v) is 4.41. The Morgan fingerprint density at radius 3 is 2.22 bits per heavy atom. The molecule has 0 radical (unpaired) electrons. The molecule has 0 fully saturated rings. The van der Waals surface area contributed by atoms with E-state index >= 15 is 0 Å². The summed E-state index contributed by atoms with van der Waals surface area (Å²) >= 11 is 5.23. The number of benzene rings is 2. The van der Waals surface area contributed by atoms with Gasteiger partial charge in [0.05, 0.1) is 0 Å². The lowest BCUT2D eigenvalue weighted by Crippen LogP contribution is -2.34. The fourth-order valence-corrected chi connectivity index (χ4v) is 2.64. The number of carbonyl (C=O) groups excluding carboxylic acids is 2. The third kappa shape index (κ3) is 5.62. The van der Waals surface area contributed by atoms with E-state index in [-0.39, 0.29) is 22.3 Å². The van der Waals surface area contributed by atoms with Crippen molar-refractivity contribution in [3.63, 3.8) is 0 Å². The molecule has 2 amide bonds. The number of nitrogens with zero attached hydrogens (tertiary/aromatic N) is 1. The topological polar surface area (TPSA) is 61.4 Å². The first-order valence-corrected chi connectivity index (χ1v) is 9.06. The zero-order valence-electron chi connectivity index (χ0n) is 16.3. The summed E-state index contributed by atoms with van der Waals surface area (Å²) in [6, 6.07) is 14.7. The Kier molecular flexibility index (Phi) is 6.33. The van der Waals surface area contributed by atoms with Crippen molar-refractivity contribution in [1.82, 2.24) is 5.32 Å². The van der Waals surface area contributed by atoms with Crippen LogP contribution in [0.5, 0.6) is 0 Å². The quantitative estimate of drug-likeness (QED) is 0.784. The minimum atomic E-state index is -0.273. The van der Waals surface area contributed by atoms with Gasteiger partial charge in [0.2, 0.25) is 5.91 Å². The SMILES string of the molecule is CC(=O)N(C)c1cccc(NC(=S)NC(=O)c2ccc(C(C)(C)C)cc2)c1. The molecule has 0 aliphatic carbocycles. The van der Waals surface area contributed by atoms with Crippen LogP contribution < -0.4 is 15.5 Å². The van der Waals surface area contributed by atoms with E-state index in [1.807, 2.05) is 30.3 Å². The maximum Gasteiger partial charge on any atom is 0.257 e. The van der Waals surface area contributed by atoms with E-state index in [9.17, 15) is 9.59 Å². The third-order valence-electron chi connectivity index (χ3n) is 4.20. The summed E-state index contributed by atoms with van der Waals surface area (Å²) in [5.74, 6) is -0.341. The van der Waals surface area contributed by atoms with Gasteiger partial charge >= 0.3 is 0 Å². The molecule has 2 rings (SSSR count). The van der Waals surface area contributed by atoms with Gasteiger partial charge in [0, 0.05) is 30.9 Å². The number of rotatable bonds is 3. The highest BCUT2D eigenvalue weighted by Crippen LogP contribution is 2.22. The predicted octanol–water partition coefficient (Wildman–Crippen LogP) is 4.09. The van der Waals surface area contributed by atoms with Crippen molar-refractivity contribution in [1.29, 1.82) is 0 Å². The zero-order valence-corrected chi connectivity index (χ0v) is 17.1. The van der Waals surface area contributed by atoms with Gasteiger partial charge in [0.25, 0.3) is 5.91 Å². The van der Waals surface area contributed by atoms with Crippen LogP contribution in [-0.2, 0) is 10.2 Å². The average molecular weight is 384 g/mol. The molecular formula is C21H25N3O2S. The second-order valence-electron chi connectivity index (χ2n) is 7.36. The highest BCUT2D eigenvalue weighted by atomic mass is 32.1. The molecule has 0 aromatic heterocycles. The largest absolute Gasteiger partial charge is 0.332 e. The fraction of sp³-hybridized carbons (Fsp3) is 0.286. The lowest BCUT2D eigenvalue weighted by molar-refractivity contribution is -0.116. The first-order chi connectivity index (χ1) is 12.6. The summed E-state index contributed by atoms with van der Waals surface area (Å²) in [5.41, 5.74) is 3.15. The Morgan fingerprint density at radius 1 is 1.04 bits per heavy atom. The number of nitrogens with one attached hydrogen (secondary N) is 2. The molecule has 2 N–H and O–H groups in total. The molecule has 0 aliphatic heterocycles. The Morgan fingerprint density at radius 2 is 1.67 bits per heavy atom. The van der Waals surface area contributed by atoms with E-state index in [0.717, 1.165) is 11.3 Å². The van der Waals surface area contributed by atoms with Gasteiger partial charge in [0.15, 0.2) is 5.11 Å². The molecule has 0 spiro atoms. The minimum absolute atomic E-state index is 0.0317. The maximum atomic E-state index is 12.4. The van der Waals surface area contributed by atoms with Crippen LogP contribution in [0.15, 0.2) is 48.5 Å². The number of hydrogen-bond acceptors (Lipinski definition) is 3. The monoisotopic (exact) mass is 383 g/mol. The first-order valence-electron chi connectivity index (χ1n) is 8.65. The fourth-order valence-electron chi connectivity index (χ4n) is 2.43. The lowest BCUT2D eigenvalue weighted by Gasteiger charge is -2.19. The summed E-state index contributed by atoms with van der Waals surface area (Å²) < 4.78 is 0. The molecule has 0 unspecified atom stereocenters. The Labute approximate surface area is 165 Å². The second kappa shape index (κ2) is 8.31. The van der Waals surface area contributed by atoms with E-state index in [1.54, 1.807) is 25.2 Å². The van der Waals surface area contributed by atoms with E-state index in [4.69, 9.17) is 12.2 Å². The zero-order chi connectivity index (χ0) is 20.2. The molecule has 5 nitrogen and oxygen atoms in total. The van der Waals surface area contributed by atoms with E-state index < -0.39 is 0 Å². The van der Waals surface area contributed by atoms with Crippen LogP contribution in [0.25, 0.3) is 0 Å². The van der Waals surface area contributed by atoms with Gasteiger partial charge < -0.3 is 10.2 Å². The summed E-state index contributed by atoms with van der Waals surface area (Å²) in [6.45, 7) is 7.87. The van der Waals surface area contributed by atoms with Gasteiger partial charge in [-0.15, -0.1) is 0 Å². The van der Waals surface area contributed by atoms with Crippen LogP contribution in [0.4, 0.5) is 11.4 Å². The van der Waals surface area contributed by atoms with Gasteiger partial charge in [0.1, 0.15) is 0 Å². The summed E-state index contributed by atoms with van der Waals surface area (Å²) in [6.07, 6.45) is 0. The Bertz CT molecular complexity index is 854. The van der Waals surface area contributed by atoms with Gasteiger partial charge in [-0.1, -0.05) is 39.0 Å². The lowest BCUT2D eigenvalue weighted by atomic mass is 9.87.